The van der Waals surface area contributed by atoms with E-state index in [0.717, 1.165) is 16.7 Å². The highest BCUT2D eigenvalue weighted by Gasteiger charge is 2.30. The Hall–Kier alpha value is -3.59. The van der Waals surface area contributed by atoms with E-state index in [9.17, 15) is 14.4 Å². The molecular formula is C26H33N3O6. The maximum absolute atomic E-state index is 13.3. The van der Waals surface area contributed by atoms with Crippen LogP contribution in [0, 0.1) is 0 Å². The summed E-state index contributed by atoms with van der Waals surface area (Å²) in [7, 11) is 6.11. The van der Waals surface area contributed by atoms with Crippen LogP contribution in [0.5, 0.6) is 11.5 Å². The zero-order valence-corrected chi connectivity index (χ0v) is 20.8. The SMILES string of the molecule is CCCC1NC(=O)C(NC)c2ccc(OC)c(c2)-c2cc(ccc2OC)CC(C(=O)OC)NC1=O. The Morgan fingerprint density at radius 3 is 2.23 bits per heavy atom. The lowest BCUT2D eigenvalue weighted by atomic mass is 9.94. The third kappa shape index (κ3) is 5.74. The fraction of sp³-hybridized carbons (Fsp3) is 0.423. The normalized spacial score (nSPS) is 20.2. The number of methoxy groups -OCH3 is 3. The Labute approximate surface area is 205 Å². The second kappa shape index (κ2) is 11.7. The summed E-state index contributed by atoms with van der Waals surface area (Å²) in [6, 6.07) is 8.58. The zero-order valence-electron chi connectivity index (χ0n) is 20.8. The summed E-state index contributed by atoms with van der Waals surface area (Å²) < 4.78 is 16.2. The molecule has 1 heterocycles. The summed E-state index contributed by atoms with van der Waals surface area (Å²) in [5.74, 6) is -0.162. The number of ether oxygens (including phenoxy) is 3. The molecule has 2 aromatic carbocycles. The van der Waals surface area contributed by atoms with Crippen molar-refractivity contribution in [3.8, 4) is 22.6 Å². The summed E-state index contributed by atoms with van der Waals surface area (Å²) >= 11 is 0. The molecule has 2 amide bonds. The van der Waals surface area contributed by atoms with Gasteiger partial charge in [0.25, 0.3) is 0 Å². The topological polar surface area (TPSA) is 115 Å². The molecule has 188 valence electrons. The van der Waals surface area contributed by atoms with Crippen LogP contribution in [0.25, 0.3) is 11.1 Å². The van der Waals surface area contributed by atoms with E-state index in [4.69, 9.17) is 14.2 Å². The van der Waals surface area contributed by atoms with Crippen LogP contribution in [-0.2, 0) is 25.5 Å². The predicted octanol–water partition coefficient (Wildman–Crippen LogP) is 2.13. The molecule has 1 aliphatic heterocycles. The molecule has 3 unspecified atom stereocenters. The van der Waals surface area contributed by atoms with E-state index in [1.165, 1.54) is 7.11 Å². The van der Waals surface area contributed by atoms with Crippen LogP contribution in [0.3, 0.4) is 0 Å². The van der Waals surface area contributed by atoms with Gasteiger partial charge in [0.15, 0.2) is 0 Å². The van der Waals surface area contributed by atoms with Crippen molar-refractivity contribution in [3.05, 3.63) is 47.5 Å². The lowest BCUT2D eigenvalue weighted by Gasteiger charge is -2.26. The first-order valence-corrected chi connectivity index (χ1v) is 11.6. The molecule has 35 heavy (non-hydrogen) atoms. The first-order chi connectivity index (χ1) is 16.9. The minimum absolute atomic E-state index is 0.198. The van der Waals surface area contributed by atoms with Gasteiger partial charge in [-0.3, -0.25) is 9.59 Å². The Morgan fingerprint density at radius 2 is 1.63 bits per heavy atom. The second-order valence-electron chi connectivity index (χ2n) is 8.35. The molecule has 3 N–H and O–H groups in total. The number of rotatable bonds is 6. The van der Waals surface area contributed by atoms with E-state index < -0.39 is 30.0 Å². The van der Waals surface area contributed by atoms with Crippen LogP contribution in [0.2, 0.25) is 0 Å². The zero-order chi connectivity index (χ0) is 25.5. The van der Waals surface area contributed by atoms with Crippen LogP contribution in [-0.4, -0.2) is 58.2 Å². The quantitative estimate of drug-likeness (QED) is 0.539. The van der Waals surface area contributed by atoms with Crippen molar-refractivity contribution in [3.63, 3.8) is 0 Å². The largest absolute Gasteiger partial charge is 0.496 e. The molecule has 0 aromatic heterocycles. The highest BCUT2D eigenvalue weighted by molar-refractivity contribution is 5.93. The molecule has 3 atom stereocenters. The Morgan fingerprint density at radius 1 is 0.971 bits per heavy atom. The molecule has 0 radical (unpaired) electrons. The van der Waals surface area contributed by atoms with Gasteiger partial charge < -0.3 is 30.2 Å². The van der Waals surface area contributed by atoms with Crippen molar-refractivity contribution in [1.29, 1.82) is 0 Å². The van der Waals surface area contributed by atoms with Gasteiger partial charge in [-0.15, -0.1) is 0 Å². The first kappa shape index (κ1) is 26.0. The molecule has 0 spiro atoms. The van der Waals surface area contributed by atoms with Gasteiger partial charge in [-0.2, -0.15) is 0 Å². The molecule has 4 bridgehead atoms. The average Bonchev–Trinajstić information content (AvgIpc) is 2.87. The average molecular weight is 484 g/mol. The molecule has 0 aliphatic carbocycles. The summed E-state index contributed by atoms with van der Waals surface area (Å²) in [5, 5.41) is 8.66. The van der Waals surface area contributed by atoms with E-state index >= 15 is 0 Å². The fourth-order valence-corrected chi connectivity index (χ4v) is 4.31. The monoisotopic (exact) mass is 483 g/mol. The Kier molecular flexibility index (Phi) is 8.70. The second-order valence-corrected chi connectivity index (χ2v) is 8.35. The number of carbonyl (C=O) groups excluding carboxylic acids is 3. The minimum atomic E-state index is -0.929. The number of amides is 2. The molecule has 2 aromatic rings. The number of esters is 1. The van der Waals surface area contributed by atoms with E-state index in [0.29, 0.717) is 29.9 Å². The minimum Gasteiger partial charge on any atom is -0.496 e. The van der Waals surface area contributed by atoms with Crippen molar-refractivity contribution < 1.29 is 28.6 Å². The van der Waals surface area contributed by atoms with Gasteiger partial charge in [0.2, 0.25) is 11.8 Å². The van der Waals surface area contributed by atoms with Crippen LogP contribution in [0.4, 0.5) is 0 Å². The number of carbonyl (C=O) groups is 3. The highest BCUT2D eigenvalue weighted by atomic mass is 16.5. The van der Waals surface area contributed by atoms with Gasteiger partial charge in [-0.25, -0.2) is 4.79 Å². The van der Waals surface area contributed by atoms with Crippen molar-refractivity contribution in [2.45, 2.75) is 44.3 Å². The number of nitrogens with one attached hydrogen (secondary N) is 3. The van der Waals surface area contributed by atoms with Crippen LogP contribution in [0.1, 0.15) is 36.9 Å². The Balaban J connectivity index is 2.23. The summed E-state index contributed by atoms with van der Waals surface area (Å²) in [6.45, 7) is 1.92. The lowest BCUT2D eigenvalue weighted by molar-refractivity contribution is -0.145. The van der Waals surface area contributed by atoms with Gasteiger partial charge in [-0.1, -0.05) is 25.5 Å². The maximum atomic E-state index is 13.3. The third-order valence-electron chi connectivity index (χ3n) is 6.11. The van der Waals surface area contributed by atoms with E-state index in [1.807, 2.05) is 31.2 Å². The van der Waals surface area contributed by atoms with Gasteiger partial charge in [0.05, 0.1) is 21.3 Å². The molecule has 0 saturated carbocycles. The molecular weight excluding hydrogens is 450 g/mol. The summed E-state index contributed by atoms with van der Waals surface area (Å²) in [4.78, 5) is 39.0. The lowest BCUT2D eigenvalue weighted by Crippen LogP contribution is -2.53. The van der Waals surface area contributed by atoms with Crippen molar-refractivity contribution in [2.75, 3.05) is 28.4 Å². The standard InChI is InChI=1S/C26H33N3O6/c1-6-7-19-24(30)29-20(26(32)35-5)13-15-8-10-21(33-3)17(12-15)18-14-16(9-11-22(18)34-4)23(27-2)25(31)28-19/h8-12,14,19-20,23,27H,6-7,13H2,1-5H3,(H,28,31)(H,29,30). The fourth-order valence-electron chi connectivity index (χ4n) is 4.31. The summed E-state index contributed by atoms with van der Waals surface area (Å²) in [6.07, 6.45) is 1.28. The van der Waals surface area contributed by atoms with Gasteiger partial charge in [-0.05, 0) is 48.9 Å². The molecule has 0 saturated heterocycles. The van der Waals surface area contributed by atoms with Crippen molar-refractivity contribution in [2.24, 2.45) is 0 Å². The number of hydrogen-bond donors (Lipinski definition) is 3. The van der Waals surface area contributed by atoms with Gasteiger partial charge in [0, 0.05) is 17.5 Å². The molecule has 1 aliphatic rings. The molecule has 9 heteroatoms. The predicted molar refractivity (Wildman–Crippen MR) is 131 cm³/mol. The molecule has 3 rings (SSSR count). The van der Waals surface area contributed by atoms with E-state index in [2.05, 4.69) is 16.0 Å². The number of fused-ring (bicyclic) bond motifs is 5. The van der Waals surface area contributed by atoms with Gasteiger partial charge >= 0.3 is 5.97 Å². The maximum Gasteiger partial charge on any atom is 0.328 e. The van der Waals surface area contributed by atoms with Crippen LogP contribution in [0.15, 0.2) is 36.4 Å². The number of benzene rings is 2. The van der Waals surface area contributed by atoms with Crippen molar-refractivity contribution >= 4 is 17.8 Å². The van der Waals surface area contributed by atoms with E-state index in [1.54, 1.807) is 33.4 Å². The van der Waals surface area contributed by atoms with Crippen molar-refractivity contribution in [1.82, 2.24) is 16.0 Å². The number of hydrogen-bond acceptors (Lipinski definition) is 7. The highest BCUT2D eigenvalue weighted by Crippen LogP contribution is 2.39. The van der Waals surface area contributed by atoms with Crippen LogP contribution < -0.4 is 25.4 Å². The number of likely N-dealkylation sites (N-methyl/N-ethyl adjacent to an activating group) is 1. The smallest absolute Gasteiger partial charge is 0.328 e. The van der Waals surface area contributed by atoms with Crippen LogP contribution >= 0.6 is 0 Å². The molecule has 0 fully saturated rings. The first-order valence-electron chi connectivity index (χ1n) is 11.6. The molecule has 9 nitrogen and oxygen atoms in total. The van der Waals surface area contributed by atoms with E-state index in [-0.39, 0.29) is 12.3 Å². The summed E-state index contributed by atoms with van der Waals surface area (Å²) in [5.41, 5.74) is 2.96. The van der Waals surface area contributed by atoms with Gasteiger partial charge in [0.1, 0.15) is 29.6 Å². The Bertz CT molecular complexity index is 1090. The third-order valence-corrected chi connectivity index (χ3v) is 6.11.